The Bertz CT molecular complexity index is 908. The lowest BCUT2D eigenvalue weighted by Gasteiger charge is -2.33. The molecule has 1 nitrogen and oxygen atoms in total. The van der Waals surface area contributed by atoms with Crippen LogP contribution < -0.4 is 0 Å². The Labute approximate surface area is 199 Å². The Morgan fingerprint density at radius 1 is 0.758 bits per heavy atom. The molecule has 1 saturated carbocycles. The number of rotatable bonds is 8. The van der Waals surface area contributed by atoms with Gasteiger partial charge in [-0.1, -0.05) is 112 Å². The first kappa shape index (κ1) is 25.0. The number of halogens is 1. The molecule has 0 spiro atoms. The molecular weight excluding hydrogens is 407 g/mol. The molecule has 176 valence electrons. The van der Waals surface area contributed by atoms with Crippen LogP contribution in [0.1, 0.15) is 76.2 Å². The van der Waals surface area contributed by atoms with Crippen LogP contribution in [0.5, 0.6) is 5.75 Å². The predicted octanol–water partition coefficient (Wildman–Crippen LogP) is 9.33. The van der Waals surface area contributed by atoms with E-state index in [0.717, 1.165) is 19.3 Å². The van der Waals surface area contributed by atoms with E-state index in [1.165, 1.54) is 48.8 Å². The summed E-state index contributed by atoms with van der Waals surface area (Å²) in [6, 6.07) is 27.9. The first-order chi connectivity index (χ1) is 16.2. The van der Waals surface area contributed by atoms with Crippen molar-refractivity contribution < 1.29 is 9.50 Å². The van der Waals surface area contributed by atoms with Gasteiger partial charge in [0.1, 0.15) is 11.9 Å². The van der Waals surface area contributed by atoms with Crippen molar-refractivity contribution in [2.45, 2.75) is 76.8 Å². The minimum absolute atomic E-state index is 0.289. The van der Waals surface area contributed by atoms with Gasteiger partial charge in [-0.2, -0.15) is 0 Å². The maximum atomic E-state index is 14.9. The molecule has 3 aromatic carbocycles. The van der Waals surface area contributed by atoms with Crippen LogP contribution in [0.4, 0.5) is 4.39 Å². The Morgan fingerprint density at radius 2 is 1.39 bits per heavy atom. The summed E-state index contributed by atoms with van der Waals surface area (Å²) in [6.45, 7) is 2.24. The molecule has 0 radical (unpaired) electrons. The van der Waals surface area contributed by atoms with Gasteiger partial charge in [-0.3, -0.25) is 0 Å². The van der Waals surface area contributed by atoms with E-state index in [1.54, 1.807) is 24.3 Å². The second-order valence-electron chi connectivity index (χ2n) is 9.28. The highest BCUT2D eigenvalue weighted by Crippen LogP contribution is 2.42. The quantitative estimate of drug-likeness (QED) is 0.342. The lowest BCUT2D eigenvalue weighted by atomic mass is 9.74. The number of aromatic hydroxyl groups is 1. The normalized spacial score (nSPS) is 20.0. The molecule has 0 amide bonds. The van der Waals surface area contributed by atoms with Crippen molar-refractivity contribution in [2.24, 2.45) is 5.92 Å². The molecule has 0 heterocycles. The van der Waals surface area contributed by atoms with E-state index >= 15 is 0 Å². The summed E-state index contributed by atoms with van der Waals surface area (Å²) in [5, 5.41) is 8.63. The van der Waals surface area contributed by atoms with Gasteiger partial charge in [0.2, 0.25) is 0 Å². The summed E-state index contributed by atoms with van der Waals surface area (Å²) in [6.07, 6.45) is 9.71. The van der Waals surface area contributed by atoms with Crippen LogP contribution in [0.15, 0.2) is 84.9 Å². The van der Waals surface area contributed by atoms with Gasteiger partial charge >= 0.3 is 0 Å². The largest absolute Gasteiger partial charge is 0.508 e. The SMILES string of the molecule is CCCCCCCC1CCC(c2ccccc2-c2ccccc2)CC1F.Oc1ccccc1. The molecule has 0 aliphatic heterocycles. The van der Waals surface area contributed by atoms with E-state index in [4.69, 9.17) is 5.11 Å². The Morgan fingerprint density at radius 3 is 2.03 bits per heavy atom. The highest BCUT2D eigenvalue weighted by atomic mass is 19.1. The van der Waals surface area contributed by atoms with E-state index in [0.29, 0.717) is 18.1 Å². The molecule has 1 fully saturated rings. The number of hydrogen-bond acceptors (Lipinski definition) is 1. The third-order valence-corrected chi connectivity index (χ3v) is 6.83. The molecule has 33 heavy (non-hydrogen) atoms. The van der Waals surface area contributed by atoms with Gasteiger partial charge in [0, 0.05) is 0 Å². The highest BCUT2D eigenvalue weighted by Gasteiger charge is 2.31. The number of alkyl halides is 1. The van der Waals surface area contributed by atoms with Crippen LogP contribution in [0.25, 0.3) is 11.1 Å². The summed E-state index contributed by atoms with van der Waals surface area (Å²) in [5.74, 6) is 0.969. The first-order valence-electron chi connectivity index (χ1n) is 12.7. The first-order valence-corrected chi connectivity index (χ1v) is 12.7. The highest BCUT2D eigenvalue weighted by molar-refractivity contribution is 5.68. The second-order valence-corrected chi connectivity index (χ2v) is 9.28. The maximum Gasteiger partial charge on any atom is 0.115 e. The van der Waals surface area contributed by atoms with E-state index < -0.39 is 6.17 Å². The summed E-state index contributed by atoms with van der Waals surface area (Å²) in [4.78, 5) is 0. The van der Waals surface area contributed by atoms with Gasteiger partial charge in [-0.05, 0) is 66.3 Å². The van der Waals surface area contributed by atoms with Crippen molar-refractivity contribution >= 4 is 0 Å². The fourth-order valence-electron chi connectivity index (χ4n) is 4.96. The zero-order valence-corrected chi connectivity index (χ0v) is 20.0. The molecule has 0 saturated heterocycles. The molecule has 1 N–H and O–H groups in total. The van der Waals surface area contributed by atoms with E-state index in [2.05, 4.69) is 61.5 Å². The molecule has 4 rings (SSSR count). The van der Waals surface area contributed by atoms with E-state index in [-0.39, 0.29) is 5.92 Å². The monoisotopic (exact) mass is 446 g/mol. The molecule has 3 atom stereocenters. The van der Waals surface area contributed by atoms with Crippen LogP contribution in [0.2, 0.25) is 0 Å². The average molecular weight is 447 g/mol. The molecular formula is C31H39FO. The number of phenolic OH excluding ortho intramolecular Hbond substituents is 1. The van der Waals surface area contributed by atoms with Crippen molar-refractivity contribution in [1.29, 1.82) is 0 Å². The van der Waals surface area contributed by atoms with E-state index in [1.807, 2.05) is 6.07 Å². The van der Waals surface area contributed by atoms with Crippen LogP contribution in [-0.4, -0.2) is 11.3 Å². The fourth-order valence-corrected chi connectivity index (χ4v) is 4.96. The van der Waals surface area contributed by atoms with Crippen LogP contribution in [-0.2, 0) is 0 Å². The van der Waals surface area contributed by atoms with Crippen molar-refractivity contribution in [3.05, 3.63) is 90.5 Å². The maximum absolute atomic E-state index is 14.9. The van der Waals surface area contributed by atoms with Crippen LogP contribution in [0.3, 0.4) is 0 Å². The van der Waals surface area contributed by atoms with Gasteiger partial charge < -0.3 is 5.11 Å². The Kier molecular flexibility index (Phi) is 10.5. The Hall–Kier alpha value is -2.61. The van der Waals surface area contributed by atoms with Gasteiger partial charge in [0.15, 0.2) is 0 Å². The zero-order valence-electron chi connectivity index (χ0n) is 20.0. The molecule has 0 aromatic heterocycles. The third-order valence-electron chi connectivity index (χ3n) is 6.83. The second kappa shape index (κ2) is 13.8. The summed E-state index contributed by atoms with van der Waals surface area (Å²) in [5.41, 5.74) is 3.86. The number of unbranched alkanes of at least 4 members (excludes halogenated alkanes) is 4. The van der Waals surface area contributed by atoms with Gasteiger partial charge in [-0.15, -0.1) is 0 Å². The fraction of sp³-hybridized carbons (Fsp3) is 0.419. The number of para-hydroxylation sites is 1. The lowest BCUT2D eigenvalue weighted by molar-refractivity contribution is 0.141. The minimum Gasteiger partial charge on any atom is -0.508 e. The van der Waals surface area contributed by atoms with E-state index in [9.17, 15) is 4.39 Å². The number of benzene rings is 3. The summed E-state index contributed by atoms with van der Waals surface area (Å²) in [7, 11) is 0. The molecule has 0 bridgehead atoms. The minimum atomic E-state index is -0.635. The summed E-state index contributed by atoms with van der Waals surface area (Å²) < 4.78 is 14.9. The van der Waals surface area contributed by atoms with Crippen LogP contribution >= 0.6 is 0 Å². The standard InChI is InChI=1S/C25H33F.C6H6O/c1-2-3-4-5-7-14-21-17-18-22(19-25(21)26)24-16-11-10-15-23(24)20-12-8-6-9-13-20;7-6-4-2-1-3-5-6/h6,8-13,15-16,21-22,25H,2-5,7,14,17-19H2,1H3;1-5,7H. The third kappa shape index (κ3) is 8.03. The summed E-state index contributed by atoms with van der Waals surface area (Å²) >= 11 is 0. The van der Waals surface area contributed by atoms with Crippen LogP contribution in [0, 0.1) is 5.92 Å². The zero-order chi connectivity index (χ0) is 23.3. The van der Waals surface area contributed by atoms with Gasteiger partial charge in [0.25, 0.3) is 0 Å². The van der Waals surface area contributed by atoms with Gasteiger partial charge in [-0.25, -0.2) is 4.39 Å². The predicted molar refractivity (Wildman–Crippen MR) is 138 cm³/mol. The molecule has 3 unspecified atom stereocenters. The molecule has 3 aromatic rings. The number of phenols is 1. The topological polar surface area (TPSA) is 20.2 Å². The molecule has 1 aliphatic carbocycles. The van der Waals surface area contributed by atoms with Crippen molar-refractivity contribution in [1.82, 2.24) is 0 Å². The van der Waals surface area contributed by atoms with Crippen molar-refractivity contribution in [2.75, 3.05) is 0 Å². The smallest absolute Gasteiger partial charge is 0.115 e. The Balaban J connectivity index is 0.000000374. The number of hydrogen-bond donors (Lipinski definition) is 1. The van der Waals surface area contributed by atoms with Crippen molar-refractivity contribution in [3.63, 3.8) is 0 Å². The van der Waals surface area contributed by atoms with Gasteiger partial charge in [0.05, 0.1) is 0 Å². The molecule has 2 heteroatoms. The lowest BCUT2D eigenvalue weighted by Crippen LogP contribution is -2.25. The molecule has 1 aliphatic rings. The van der Waals surface area contributed by atoms with Crippen molar-refractivity contribution in [3.8, 4) is 16.9 Å². The average Bonchev–Trinajstić information content (AvgIpc) is 2.86.